The van der Waals surface area contributed by atoms with Crippen molar-refractivity contribution in [3.8, 4) is 0 Å². The molecular formula is C9H13NO2. The highest BCUT2D eigenvalue weighted by Crippen LogP contribution is 2.36. The van der Waals surface area contributed by atoms with Crippen LogP contribution < -0.4 is 0 Å². The quantitative estimate of drug-likeness (QED) is 0.510. The number of nitrogens with zero attached hydrogens (tertiary/aromatic N) is 1. The Morgan fingerprint density at radius 3 is 2.50 bits per heavy atom. The van der Waals surface area contributed by atoms with E-state index in [9.17, 15) is 4.79 Å². The van der Waals surface area contributed by atoms with Crippen LogP contribution in [0.15, 0.2) is 0 Å². The van der Waals surface area contributed by atoms with Gasteiger partial charge in [-0.05, 0) is 12.8 Å². The largest absolute Gasteiger partial charge is 0.378 e. The maximum absolute atomic E-state index is 11.4. The van der Waals surface area contributed by atoms with Crippen molar-refractivity contribution in [2.24, 2.45) is 5.92 Å². The maximum Gasteiger partial charge on any atom is 0.150 e. The van der Waals surface area contributed by atoms with Gasteiger partial charge in [0.1, 0.15) is 5.78 Å². The number of morpholine rings is 1. The fourth-order valence-corrected chi connectivity index (χ4v) is 2.82. The van der Waals surface area contributed by atoms with E-state index in [0.29, 0.717) is 30.3 Å². The molecule has 4 atom stereocenters. The van der Waals surface area contributed by atoms with Gasteiger partial charge in [0.05, 0.1) is 19.8 Å². The molecule has 4 fully saturated rings. The van der Waals surface area contributed by atoms with Gasteiger partial charge in [-0.2, -0.15) is 0 Å². The summed E-state index contributed by atoms with van der Waals surface area (Å²) in [5, 5.41) is 0. The lowest BCUT2D eigenvalue weighted by molar-refractivity contribution is -0.153. The second-order valence-corrected chi connectivity index (χ2v) is 4.15. The number of carbonyl (C=O) groups is 1. The van der Waals surface area contributed by atoms with Crippen LogP contribution in [0.25, 0.3) is 0 Å². The highest BCUT2D eigenvalue weighted by Gasteiger charge is 2.46. The minimum atomic E-state index is 0.369. The summed E-state index contributed by atoms with van der Waals surface area (Å²) in [5.74, 6) is 0.832. The first kappa shape index (κ1) is 7.04. The van der Waals surface area contributed by atoms with E-state index in [0.717, 1.165) is 26.1 Å². The van der Waals surface area contributed by atoms with Crippen molar-refractivity contribution in [3.05, 3.63) is 0 Å². The summed E-state index contributed by atoms with van der Waals surface area (Å²) in [5.41, 5.74) is 0. The van der Waals surface area contributed by atoms with Crippen LogP contribution in [-0.4, -0.2) is 42.5 Å². The molecule has 0 N–H and O–H groups in total. The van der Waals surface area contributed by atoms with Gasteiger partial charge >= 0.3 is 0 Å². The van der Waals surface area contributed by atoms with Crippen molar-refractivity contribution in [1.82, 2.24) is 4.90 Å². The Morgan fingerprint density at radius 1 is 1.25 bits per heavy atom. The van der Waals surface area contributed by atoms with Gasteiger partial charge in [-0.15, -0.1) is 0 Å². The molecule has 0 radical (unpaired) electrons. The molecular weight excluding hydrogens is 154 g/mol. The first-order valence-corrected chi connectivity index (χ1v) is 4.71. The average molecular weight is 167 g/mol. The minimum Gasteiger partial charge on any atom is -0.378 e. The van der Waals surface area contributed by atoms with E-state index < -0.39 is 0 Å². The first-order valence-electron chi connectivity index (χ1n) is 4.71. The second kappa shape index (κ2) is 2.30. The van der Waals surface area contributed by atoms with E-state index in [1.54, 1.807) is 0 Å². The number of rotatable bonds is 0. The van der Waals surface area contributed by atoms with Crippen molar-refractivity contribution in [1.29, 1.82) is 0 Å². The fraction of sp³-hybridized carbons (Fsp3) is 0.889. The van der Waals surface area contributed by atoms with E-state index in [1.165, 1.54) is 0 Å². The van der Waals surface area contributed by atoms with Crippen LogP contribution in [0.2, 0.25) is 0 Å². The zero-order chi connectivity index (χ0) is 8.13. The van der Waals surface area contributed by atoms with E-state index in [2.05, 4.69) is 4.90 Å². The molecule has 4 aliphatic rings. The Morgan fingerprint density at radius 2 is 1.92 bits per heavy atom. The van der Waals surface area contributed by atoms with Crippen LogP contribution in [0.1, 0.15) is 12.8 Å². The first-order chi connectivity index (χ1) is 5.84. The molecule has 0 aromatic carbocycles. The molecule has 0 amide bonds. The van der Waals surface area contributed by atoms with Crippen molar-refractivity contribution in [2.45, 2.75) is 24.9 Å². The second-order valence-electron chi connectivity index (χ2n) is 4.15. The SMILES string of the molecule is O=C1CN2[C@@H]3COC[C@H]2CC1C3. The van der Waals surface area contributed by atoms with Gasteiger partial charge in [0.2, 0.25) is 0 Å². The molecule has 3 heteroatoms. The fourth-order valence-electron chi connectivity index (χ4n) is 2.82. The molecule has 4 rings (SSSR count). The molecule has 0 aromatic heterocycles. The maximum atomic E-state index is 11.4. The summed E-state index contributed by atoms with van der Waals surface area (Å²) in [7, 11) is 0. The summed E-state index contributed by atoms with van der Waals surface area (Å²) in [6.07, 6.45) is 2.10. The van der Waals surface area contributed by atoms with Gasteiger partial charge in [0.25, 0.3) is 0 Å². The molecule has 0 saturated carbocycles. The summed E-state index contributed by atoms with van der Waals surface area (Å²) >= 11 is 0. The lowest BCUT2D eigenvalue weighted by Gasteiger charge is -2.52. The molecule has 0 aliphatic carbocycles. The minimum absolute atomic E-state index is 0.369. The number of carbonyl (C=O) groups excluding carboxylic acids is 1. The Labute approximate surface area is 71.7 Å². The van der Waals surface area contributed by atoms with Gasteiger partial charge in [-0.3, -0.25) is 9.69 Å². The topological polar surface area (TPSA) is 29.5 Å². The Bertz CT molecular complexity index is 215. The number of hydrogen-bond acceptors (Lipinski definition) is 3. The van der Waals surface area contributed by atoms with E-state index in [4.69, 9.17) is 4.74 Å². The molecule has 4 heterocycles. The summed E-state index contributed by atoms with van der Waals surface area (Å²) in [6, 6.07) is 1.11. The highest BCUT2D eigenvalue weighted by molar-refractivity contribution is 5.84. The van der Waals surface area contributed by atoms with Crippen LogP contribution in [0.4, 0.5) is 0 Å². The predicted octanol–water partition coefficient (Wildman–Crippen LogP) is 0.0485. The molecule has 0 aromatic rings. The van der Waals surface area contributed by atoms with Gasteiger partial charge in [-0.25, -0.2) is 0 Å². The van der Waals surface area contributed by atoms with Gasteiger partial charge < -0.3 is 4.74 Å². The standard InChI is InChI=1S/C9H13NO2/c11-9-3-10-7-1-6(9)2-8(10)5-12-4-7/h6-8H,1-5H2/t6?,7-,8+. The average Bonchev–Trinajstić information content (AvgIpc) is 2.03. The molecule has 4 aliphatic heterocycles. The molecule has 4 bridgehead atoms. The third-order valence-corrected chi connectivity index (χ3v) is 3.47. The van der Waals surface area contributed by atoms with Crippen LogP contribution in [0.5, 0.6) is 0 Å². The summed E-state index contributed by atoms with van der Waals surface area (Å²) in [4.78, 5) is 13.8. The Balaban J connectivity index is 1.91. The van der Waals surface area contributed by atoms with Crippen molar-refractivity contribution in [2.75, 3.05) is 19.8 Å². The third kappa shape index (κ3) is 0.808. The normalized spacial score (nSPS) is 51.2. The zero-order valence-electron chi connectivity index (χ0n) is 7.03. The van der Waals surface area contributed by atoms with Crippen LogP contribution in [0.3, 0.4) is 0 Å². The number of Topliss-reactive ketones (excluding diaryl/α,β-unsaturated/α-hetero) is 1. The lowest BCUT2D eigenvalue weighted by Crippen LogP contribution is -2.64. The summed E-state index contributed by atoms with van der Waals surface area (Å²) in [6.45, 7) is 2.39. The molecule has 4 saturated heterocycles. The van der Waals surface area contributed by atoms with Crippen molar-refractivity contribution >= 4 is 5.78 Å². The number of piperidine rings is 3. The van der Waals surface area contributed by atoms with Crippen molar-refractivity contribution in [3.63, 3.8) is 0 Å². The van der Waals surface area contributed by atoms with E-state index in [-0.39, 0.29) is 0 Å². The van der Waals surface area contributed by atoms with Crippen LogP contribution in [-0.2, 0) is 9.53 Å². The number of fused-ring (bicyclic) bond motifs is 1. The van der Waals surface area contributed by atoms with Crippen LogP contribution in [0, 0.1) is 5.92 Å². The molecule has 2 unspecified atom stereocenters. The number of ether oxygens (including phenoxy) is 1. The molecule has 3 nitrogen and oxygen atoms in total. The van der Waals surface area contributed by atoms with E-state index in [1.807, 2.05) is 0 Å². The van der Waals surface area contributed by atoms with Gasteiger partial charge in [0, 0.05) is 18.0 Å². The molecule has 12 heavy (non-hydrogen) atoms. The Kier molecular flexibility index (Phi) is 1.35. The zero-order valence-corrected chi connectivity index (χ0v) is 7.03. The van der Waals surface area contributed by atoms with Crippen molar-refractivity contribution < 1.29 is 9.53 Å². The number of ketones is 1. The Hall–Kier alpha value is -0.410. The smallest absolute Gasteiger partial charge is 0.150 e. The van der Waals surface area contributed by atoms with Crippen LogP contribution >= 0.6 is 0 Å². The van der Waals surface area contributed by atoms with Gasteiger partial charge in [-0.1, -0.05) is 0 Å². The number of hydrogen-bond donors (Lipinski definition) is 0. The summed E-state index contributed by atoms with van der Waals surface area (Å²) < 4.78 is 5.47. The molecule has 66 valence electrons. The van der Waals surface area contributed by atoms with E-state index >= 15 is 0 Å². The highest BCUT2D eigenvalue weighted by atomic mass is 16.5. The predicted molar refractivity (Wildman–Crippen MR) is 42.8 cm³/mol. The monoisotopic (exact) mass is 167 g/mol. The van der Waals surface area contributed by atoms with Gasteiger partial charge in [0.15, 0.2) is 0 Å². The molecule has 0 spiro atoms. The third-order valence-electron chi connectivity index (χ3n) is 3.47. The lowest BCUT2D eigenvalue weighted by atomic mass is 9.77.